The summed E-state index contributed by atoms with van der Waals surface area (Å²) in [5.74, 6) is -2.09. The molecule has 4 nitrogen and oxygen atoms in total. The van der Waals surface area contributed by atoms with Gasteiger partial charge in [0.15, 0.2) is 5.75 Å². The SMILES string of the molecule is N#Cc1ccc(S(=O)(=O)Cl)c(OC(F)(F)F)c1C(F)(F)F. The minimum Gasteiger partial charge on any atom is -0.404 e. The highest BCUT2D eigenvalue weighted by atomic mass is 35.7. The Labute approximate surface area is 117 Å². The molecule has 12 heteroatoms. The van der Waals surface area contributed by atoms with E-state index >= 15 is 0 Å². The number of nitriles is 1. The van der Waals surface area contributed by atoms with Crippen molar-refractivity contribution in [2.75, 3.05) is 0 Å². The summed E-state index contributed by atoms with van der Waals surface area (Å²) in [6.07, 6.45) is -11.1. The molecule has 0 aromatic heterocycles. The van der Waals surface area contributed by atoms with Crippen LogP contribution in [0.3, 0.4) is 0 Å². The zero-order chi connectivity index (χ0) is 16.6. The molecule has 1 rings (SSSR count). The zero-order valence-electron chi connectivity index (χ0n) is 9.38. The molecule has 0 fully saturated rings. The number of hydrogen-bond donors (Lipinski definition) is 0. The van der Waals surface area contributed by atoms with Gasteiger partial charge in [-0.1, -0.05) is 0 Å². The average molecular weight is 354 g/mol. The molecule has 0 aliphatic carbocycles. The maximum absolute atomic E-state index is 12.8. The van der Waals surface area contributed by atoms with E-state index in [9.17, 15) is 34.8 Å². The Kier molecular flexibility index (Phi) is 4.36. The molecule has 0 saturated heterocycles. The van der Waals surface area contributed by atoms with Gasteiger partial charge in [0, 0.05) is 10.7 Å². The van der Waals surface area contributed by atoms with Crippen LogP contribution in [0.5, 0.6) is 5.75 Å². The molecule has 0 N–H and O–H groups in total. The molecule has 0 aliphatic rings. The maximum Gasteiger partial charge on any atom is 0.573 e. The van der Waals surface area contributed by atoms with Crippen molar-refractivity contribution in [1.82, 2.24) is 0 Å². The van der Waals surface area contributed by atoms with Gasteiger partial charge in [0.25, 0.3) is 9.05 Å². The van der Waals surface area contributed by atoms with Gasteiger partial charge in [0.2, 0.25) is 0 Å². The van der Waals surface area contributed by atoms with Crippen LogP contribution in [0.15, 0.2) is 17.0 Å². The van der Waals surface area contributed by atoms with Gasteiger partial charge in [-0.05, 0) is 12.1 Å². The molecule has 1 aromatic carbocycles. The summed E-state index contributed by atoms with van der Waals surface area (Å²) in [5, 5.41) is 8.53. The van der Waals surface area contributed by atoms with Crippen LogP contribution in [0.2, 0.25) is 0 Å². The summed E-state index contributed by atoms with van der Waals surface area (Å²) in [4.78, 5) is -1.55. The highest BCUT2D eigenvalue weighted by Crippen LogP contribution is 2.44. The zero-order valence-corrected chi connectivity index (χ0v) is 11.0. The molecule has 0 amide bonds. The van der Waals surface area contributed by atoms with Crippen LogP contribution in [0, 0.1) is 11.3 Å². The van der Waals surface area contributed by atoms with E-state index in [-0.39, 0.29) is 0 Å². The lowest BCUT2D eigenvalue weighted by Gasteiger charge is -2.18. The second-order valence-electron chi connectivity index (χ2n) is 3.41. The molecule has 21 heavy (non-hydrogen) atoms. The largest absolute Gasteiger partial charge is 0.573 e. The Morgan fingerprint density at radius 1 is 1.14 bits per heavy atom. The smallest absolute Gasteiger partial charge is 0.404 e. The molecule has 0 aliphatic heterocycles. The van der Waals surface area contributed by atoms with E-state index in [1.807, 2.05) is 0 Å². The molecule has 0 radical (unpaired) electrons. The Morgan fingerprint density at radius 2 is 1.67 bits per heavy atom. The summed E-state index contributed by atoms with van der Waals surface area (Å²) >= 11 is 0. The molecular weight excluding hydrogens is 352 g/mol. The Bertz CT molecular complexity index is 704. The van der Waals surface area contributed by atoms with E-state index in [4.69, 9.17) is 15.9 Å². The lowest BCUT2D eigenvalue weighted by molar-refractivity contribution is -0.277. The van der Waals surface area contributed by atoms with Gasteiger partial charge >= 0.3 is 12.5 Å². The van der Waals surface area contributed by atoms with E-state index in [1.54, 1.807) is 0 Å². The van der Waals surface area contributed by atoms with E-state index in [1.165, 1.54) is 0 Å². The normalized spacial score (nSPS) is 12.9. The van der Waals surface area contributed by atoms with Gasteiger partial charge in [0.1, 0.15) is 10.5 Å². The topological polar surface area (TPSA) is 67.2 Å². The first kappa shape index (κ1) is 17.4. The summed E-state index contributed by atoms with van der Waals surface area (Å²) < 4.78 is 100. The standard InChI is InChI=1S/C9H2ClF6NO3S/c10-21(18,19)5-2-1-4(3-17)6(8(11,12)13)7(5)20-9(14,15)16/h1-2H. The van der Waals surface area contributed by atoms with Crippen molar-refractivity contribution < 1.29 is 39.5 Å². The third-order valence-corrected chi connectivity index (χ3v) is 3.35. The van der Waals surface area contributed by atoms with Crippen LogP contribution in [-0.4, -0.2) is 14.8 Å². The minimum absolute atomic E-state index is 0.317. The second-order valence-corrected chi connectivity index (χ2v) is 5.94. The van der Waals surface area contributed by atoms with Gasteiger partial charge in [-0.3, -0.25) is 0 Å². The van der Waals surface area contributed by atoms with Crippen molar-refractivity contribution in [3.05, 3.63) is 23.3 Å². The Morgan fingerprint density at radius 3 is 2.00 bits per heavy atom. The first-order valence-corrected chi connectivity index (χ1v) is 6.93. The first-order chi connectivity index (χ1) is 9.27. The lowest BCUT2D eigenvalue weighted by Crippen LogP contribution is -2.22. The average Bonchev–Trinajstić information content (AvgIpc) is 2.22. The van der Waals surface area contributed by atoms with Crippen molar-refractivity contribution in [2.45, 2.75) is 17.4 Å². The van der Waals surface area contributed by atoms with E-state index < -0.39 is 43.4 Å². The second kappa shape index (κ2) is 5.27. The van der Waals surface area contributed by atoms with Crippen molar-refractivity contribution in [1.29, 1.82) is 5.26 Å². The van der Waals surface area contributed by atoms with Crippen LogP contribution < -0.4 is 4.74 Å². The Hall–Kier alpha value is -1.67. The third kappa shape index (κ3) is 4.15. The van der Waals surface area contributed by atoms with Gasteiger partial charge in [0.05, 0.1) is 11.6 Å². The molecule has 0 heterocycles. The van der Waals surface area contributed by atoms with Crippen LogP contribution in [0.1, 0.15) is 11.1 Å². The molecule has 1 aromatic rings. The fourth-order valence-electron chi connectivity index (χ4n) is 1.35. The Balaban J connectivity index is 3.86. The quantitative estimate of drug-likeness (QED) is 0.603. The number of alkyl halides is 6. The monoisotopic (exact) mass is 353 g/mol. The highest BCUT2D eigenvalue weighted by molar-refractivity contribution is 8.13. The number of hydrogen-bond acceptors (Lipinski definition) is 4. The van der Waals surface area contributed by atoms with Gasteiger partial charge < -0.3 is 4.74 Å². The first-order valence-electron chi connectivity index (χ1n) is 4.62. The summed E-state index contributed by atoms with van der Waals surface area (Å²) in [6.45, 7) is 0. The summed E-state index contributed by atoms with van der Waals surface area (Å²) in [6, 6.07) is 1.69. The van der Waals surface area contributed by atoms with Crippen molar-refractivity contribution in [3.63, 3.8) is 0 Å². The molecule has 0 saturated carbocycles. The molecule has 0 atom stereocenters. The summed E-state index contributed by atoms with van der Waals surface area (Å²) in [5.41, 5.74) is -3.42. The van der Waals surface area contributed by atoms with Gasteiger partial charge in [-0.25, -0.2) is 8.42 Å². The molecule has 0 unspecified atom stereocenters. The predicted octanol–water partition coefficient (Wildman–Crippen LogP) is 3.40. The van der Waals surface area contributed by atoms with Crippen molar-refractivity contribution in [3.8, 4) is 11.8 Å². The molecule has 116 valence electrons. The fourth-order valence-corrected chi connectivity index (χ4v) is 2.31. The summed E-state index contributed by atoms with van der Waals surface area (Å²) in [7, 11) is -0.191. The number of benzene rings is 1. The third-order valence-electron chi connectivity index (χ3n) is 2.01. The maximum atomic E-state index is 12.8. The van der Waals surface area contributed by atoms with E-state index in [2.05, 4.69) is 4.74 Å². The lowest BCUT2D eigenvalue weighted by atomic mass is 10.1. The van der Waals surface area contributed by atoms with Crippen molar-refractivity contribution in [2.24, 2.45) is 0 Å². The van der Waals surface area contributed by atoms with E-state index in [0.717, 1.165) is 6.07 Å². The van der Waals surface area contributed by atoms with Crippen LogP contribution >= 0.6 is 10.7 Å². The molecular formula is C9H2ClF6NO3S. The highest BCUT2D eigenvalue weighted by Gasteiger charge is 2.44. The number of ether oxygens (including phenoxy) is 1. The molecule has 0 spiro atoms. The van der Waals surface area contributed by atoms with Crippen LogP contribution in [0.25, 0.3) is 0 Å². The van der Waals surface area contributed by atoms with Gasteiger partial charge in [-0.2, -0.15) is 18.4 Å². The van der Waals surface area contributed by atoms with Crippen molar-refractivity contribution >= 4 is 19.7 Å². The number of halogens is 7. The van der Waals surface area contributed by atoms with Gasteiger partial charge in [-0.15, -0.1) is 13.2 Å². The van der Waals surface area contributed by atoms with Crippen LogP contribution in [-0.2, 0) is 15.2 Å². The molecule has 0 bridgehead atoms. The number of nitrogens with zero attached hydrogens (tertiary/aromatic N) is 1. The fraction of sp³-hybridized carbons (Fsp3) is 0.222. The van der Waals surface area contributed by atoms with Crippen LogP contribution in [0.4, 0.5) is 26.3 Å². The van der Waals surface area contributed by atoms with E-state index in [0.29, 0.717) is 12.1 Å². The number of rotatable bonds is 2. The minimum atomic E-state index is -5.62. The predicted molar refractivity (Wildman–Crippen MR) is 55.9 cm³/mol.